The second kappa shape index (κ2) is 7.84. The number of ketones is 1. The van der Waals surface area contributed by atoms with E-state index < -0.39 is 0 Å². The van der Waals surface area contributed by atoms with Gasteiger partial charge in [-0.2, -0.15) is 11.8 Å². The van der Waals surface area contributed by atoms with Crippen molar-refractivity contribution < 1.29 is 9.53 Å². The molecule has 0 N–H and O–H groups in total. The van der Waals surface area contributed by atoms with Crippen LogP contribution in [0.5, 0.6) is 0 Å². The molecule has 1 spiro atoms. The van der Waals surface area contributed by atoms with Gasteiger partial charge in [-0.3, -0.25) is 4.79 Å². The summed E-state index contributed by atoms with van der Waals surface area (Å²) in [5.41, 5.74) is 0.0484. The quantitative estimate of drug-likeness (QED) is 0.724. The smallest absolute Gasteiger partial charge is 0.139 e. The van der Waals surface area contributed by atoms with Crippen LogP contribution in [0.25, 0.3) is 0 Å². The van der Waals surface area contributed by atoms with Gasteiger partial charge in [0.15, 0.2) is 0 Å². The van der Waals surface area contributed by atoms with Crippen molar-refractivity contribution in [2.75, 3.05) is 18.1 Å². The molecule has 2 saturated heterocycles. The highest BCUT2D eigenvalue weighted by Gasteiger charge is 2.41. The third kappa shape index (κ3) is 4.00. The van der Waals surface area contributed by atoms with Gasteiger partial charge in [0.05, 0.1) is 5.60 Å². The summed E-state index contributed by atoms with van der Waals surface area (Å²) in [5.74, 6) is 3.54. The Hall–Kier alpha value is -0.0200. The van der Waals surface area contributed by atoms with Crippen molar-refractivity contribution in [2.24, 2.45) is 11.8 Å². The number of thioether (sulfide) groups is 1. The SMILES string of the molecule is CCCC(CCC)C(=O)C1CCOC2(CCSCC2)C1. The molecule has 0 aromatic carbocycles. The van der Waals surface area contributed by atoms with E-state index in [2.05, 4.69) is 13.8 Å². The van der Waals surface area contributed by atoms with E-state index in [4.69, 9.17) is 4.74 Å². The van der Waals surface area contributed by atoms with E-state index in [1.165, 1.54) is 11.5 Å². The van der Waals surface area contributed by atoms with Crippen LogP contribution in [0.1, 0.15) is 65.2 Å². The van der Waals surface area contributed by atoms with Gasteiger partial charge in [-0.1, -0.05) is 26.7 Å². The summed E-state index contributed by atoms with van der Waals surface area (Å²) in [6, 6.07) is 0. The molecule has 20 heavy (non-hydrogen) atoms. The van der Waals surface area contributed by atoms with E-state index in [1.54, 1.807) is 0 Å². The van der Waals surface area contributed by atoms with Crippen molar-refractivity contribution in [2.45, 2.75) is 70.8 Å². The molecule has 0 saturated carbocycles. The van der Waals surface area contributed by atoms with Crippen LogP contribution in [-0.4, -0.2) is 29.5 Å². The summed E-state index contributed by atoms with van der Waals surface area (Å²) in [5, 5.41) is 0. The Morgan fingerprint density at radius 2 is 1.90 bits per heavy atom. The van der Waals surface area contributed by atoms with Crippen LogP contribution >= 0.6 is 11.8 Å². The number of Topliss-reactive ketones (excluding diaryl/α,β-unsaturated/α-hetero) is 1. The minimum absolute atomic E-state index is 0.0484. The Kier molecular flexibility index (Phi) is 6.41. The van der Waals surface area contributed by atoms with Crippen molar-refractivity contribution in [3.8, 4) is 0 Å². The summed E-state index contributed by atoms with van der Waals surface area (Å²) in [6.07, 6.45) is 8.65. The summed E-state index contributed by atoms with van der Waals surface area (Å²) in [7, 11) is 0. The van der Waals surface area contributed by atoms with Gasteiger partial charge in [0.1, 0.15) is 5.78 Å². The first kappa shape index (κ1) is 16.4. The number of ether oxygens (including phenoxy) is 1. The Labute approximate surface area is 128 Å². The molecule has 0 bridgehead atoms. The lowest BCUT2D eigenvalue weighted by Gasteiger charge is -2.43. The largest absolute Gasteiger partial charge is 0.375 e. The average molecular weight is 298 g/mol. The fourth-order valence-electron chi connectivity index (χ4n) is 3.82. The van der Waals surface area contributed by atoms with Crippen molar-refractivity contribution in [3.63, 3.8) is 0 Å². The van der Waals surface area contributed by atoms with Gasteiger partial charge >= 0.3 is 0 Å². The van der Waals surface area contributed by atoms with Crippen LogP contribution in [0.15, 0.2) is 0 Å². The molecule has 2 nitrogen and oxygen atoms in total. The van der Waals surface area contributed by atoms with E-state index in [-0.39, 0.29) is 11.5 Å². The van der Waals surface area contributed by atoms with Crippen LogP contribution in [0.4, 0.5) is 0 Å². The highest BCUT2D eigenvalue weighted by molar-refractivity contribution is 7.99. The predicted octanol–water partition coefficient (Wildman–Crippen LogP) is 4.46. The molecule has 1 atom stereocenters. The number of carbonyl (C=O) groups is 1. The Morgan fingerprint density at radius 3 is 2.50 bits per heavy atom. The second-order valence-corrected chi connectivity index (χ2v) is 7.73. The van der Waals surface area contributed by atoms with E-state index in [0.29, 0.717) is 11.7 Å². The fourth-order valence-corrected chi connectivity index (χ4v) is 5.06. The summed E-state index contributed by atoms with van der Waals surface area (Å²) in [6.45, 7) is 5.19. The molecule has 3 heteroatoms. The lowest BCUT2D eigenvalue weighted by Crippen LogP contribution is -2.45. The molecule has 116 valence electrons. The maximum atomic E-state index is 12.8. The van der Waals surface area contributed by atoms with Gasteiger partial charge in [-0.05, 0) is 50.0 Å². The van der Waals surface area contributed by atoms with Crippen LogP contribution in [-0.2, 0) is 9.53 Å². The fraction of sp³-hybridized carbons (Fsp3) is 0.941. The van der Waals surface area contributed by atoms with Gasteiger partial charge in [-0.15, -0.1) is 0 Å². The molecular weight excluding hydrogens is 268 g/mol. The molecule has 2 rings (SSSR count). The van der Waals surface area contributed by atoms with Crippen LogP contribution in [0.2, 0.25) is 0 Å². The molecule has 2 fully saturated rings. The van der Waals surface area contributed by atoms with Crippen LogP contribution in [0, 0.1) is 11.8 Å². The molecule has 0 amide bonds. The van der Waals surface area contributed by atoms with Crippen molar-refractivity contribution in [1.82, 2.24) is 0 Å². The molecule has 2 aliphatic rings. The first-order valence-corrected chi connectivity index (χ1v) is 9.61. The number of carbonyl (C=O) groups excluding carboxylic acids is 1. The van der Waals surface area contributed by atoms with Crippen molar-refractivity contribution in [1.29, 1.82) is 0 Å². The molecule has 2 heterocycles. The van der Waals surface area contributed by atoms with E-state index in [0.717, 1.165) is 58.0 Å². The van der Waals surface area contributed by atoms with Crippen LogP contribution in [0.3, 0.4) is 0 Å². The third-order valence-electron chi connectivity index (χ3n) is 4.98. The number of hydrogen-bond acceptors (Lipinski definition) is 3. The normalized spacial score (nSPS) is 26.1. The van der Waals surface area contributed by atoms with Gasteiger partial charge in [0.2, 0.25) is 0 Å². The monoisotopic (exact) mass is 298 g/mol. The molecule has 2 aliphatic heterocycles. The second-order valence-electron chi connectivity index (χ2n) is 6.51. The first-order valence-electron chi connectivity index (χ1n) is 8.46. The van der Waals surface area contributed by atoms with E-state index >= 15 is 0 Å². The average Bonchev–Trinajstić information content (AvgIpc) is 2.47. The first-order chi connectivity index (χ1) is 9.71. The van der Waals surface area contributed by atoms with Crippen LogP contribution < -0.4 is 0 Å². The number of hydrogen-bond donors (Lipinski definition) is 0. The Bertz CT molecular complexity index is 299. The van der Waals surface area contributed by atoms with Gasteiger partial charge in [-0.25, -0.2) is 0 Å². The van der Waals surface area contributed by atoms with Gasteiger partial charge in [0.25, 0.3) is 0 Å². The van der Waals surface area contributed by atoms with Crippen molar-refractivity contribution in [3.05, 3.63) is 0 Å². The Balaban J connectivity index is 1.97. The van der Waals surface area contributed by atoms with Crippen molar-refractivity contribution >= 4 is 17.5 Å². The minimum atomic E-state index is 0.0484. The Morgan fingerprint density at radius 1 is 1.25 bits per heavy atom. The third-order valence-corrected chi connectivity index (χ3v) is 5.96. The zero-order valence-corrected chi connectivity index (χ0v) is 14.0. The predicted molar refractivity (Wildman–Crippen MR) is 86.3 cm³/mol. The minimum Gasteiger partial charge on any atom is -0.375 e. The zero-order valence-electron chi connectivity index (χ0n) is 13.2. The lowest BCUT2D eigenvalue weighted by atomic mass is 9.76. The highest BCUT2D eigenvalue weighted by Crippen LogP contribution is 2.41. The summed E-state index contributed by atoms with van der Waals surface area (Å²) in [4.78, 5) is 12.8. The van der Waals surface area contributed by atoms with E-state index in [9.17, 15) is 4.79 Å². The maximum Gasteiger partial charge on any atom is 0.139 e. The summed E-state index contributed by atoms with van der Waals surface area (Å²) < 4.78 is 6.12. The highest BCUT2D eigenvalue weighted by atomic mass is 32.2. The van der Waals surface area contributed by atoms with Gasteiger partial charge in [0, 0.05) is 18.4 Å². The topological polar surface area (TPSA) is 26.3 Å². The molecular formula is C17H30O2S. The molecule has 0 aliphatic carbocycles. The number of rotatable bonds is 6. The van der Waals surface area contributed by atoms with Gasteiger partial charge < -0.3 is 4.74 Å². The van der Waals surface area contributed by atoms with E-state index in [1.807, 2.05) is 11.8 Å². The standard InChI is InChI=1S/C17H30O2S/c1-3-5-14(6-4-2)16(18)15-7-10-19-17(13-15)8-11-20-12-9-17/h14-15H,3-13H2,1-2H3. The zero-order chi connectivity index (χ0) is 14.4. The molecule has 1 unspecified atom stereocenters. The molecule has 0 aromatic rings. The molecule has 0 aromatic heterocycles. The summed E-state index contributed by atoms with van der Waals surface area (Å²) >= 11 is 2.03. The molecule has 0 radical (unpaired) electrons. The lowest BCUT2D eigenvalue weighted by molar-refractivity contribution is -0.142. The maximum absolute atomic E-state index is 12.8.